The maximum absolute atomic E-state index is 15.5. The lowest BCUT2D eigenvalue weighted by atomic mass is 9.49. The number of hydrogen-bond donors (Lipinski definition) is 2. The van der Waals surface area contributed by atoms with Gasteiger partial charge >= 0.3 is 0 Å². The second-order valence-corrected chi connectivity index (χ2v) is 15.7. The van der Waals surface area contributed by atoms with E-state index in [0.29, 0.717) is 34.0 Å². The average Bonchev–Trinajstić information content (AvgIpc) is 3.56. The third-order valence-electron chi connectivity index (χ3n) is 12.4. The molecule has 3 aliphatic carbocycles. The highest BCUT2D eigenvalue weighted by Gasteiger charge is 2.70. The summed E-state index contributed by atoms with van der Waals surface area (Å²) in [6, 6.07) is 15.0. The molecule has 282 valence electrons. The maximum atomic E-state index is 15.5. The standard InChI is InChI=1S/C41H41Cl2N3O8/c1-52-25-12-9-22(10-13-25)41-29(38(49)46(40(41)51)44-31-16-11-23(42)19-30(31)43)20-28-26(35(41)21-17-32(53-2)36(47)33(18-21)54-3)14-15-27-34(28)39(50)45(37(27)48)24-7-5-4-6-8-24/h9-14,16-19,24,27-29,34-35,44,47H,4-8,15,20H2,1-3H3. The zero-order valence-corrected chi connectivity index (χ0v) is 31.7. The van der Waals surface area contributed by atoms with Crippen LogP contribution in [-0.4, -0.2) is 66.0 Å². The first kappa shape index (κ1) is 36.2. The van der Waals surface area contributed by atoms with Crippen molar-refractivity contribution >= 4 is 52.5 Å². The number of imide groups is 2. The van der Waals surface area contributed by atoms with Gasteiger partial charge in [-0.25, -0.2) is 0 Å². The summed E-state index contributed by atoms with van der Waals surface area (Å²) < 4.78 is 16.7. The smallest absolute Gasteiger partial charge is 0.260 e. The second-order valence-electron chi connectivity index (χ2n) is 14.8. The molecule has 5 aliphatic rings. The largest absolute Gasteiger partial charge is 0.502 e. The first-order valence-corrected chi connectivity index (χ1v) is 19.1. The van der Waals surface area contributed by atoms with E-state index in [1.54, 1.807) is 55.6 Å². The number of methoxy groups -OCH3 is 3. The van der Waals surface area contributed by atoms with Crippen molar-refractivity contribution in [3.05, 3.63) is 87.4 Å². The number of rotatable bonds is 8. The van der Waals surface area contributed by atoms with Gasteiger partial charge in [-0.3, -0.25) is 29.5 Å². The molecule has 0 spiro atoms. The van der Waals surface area contributed by atoms with Gasteiger partial charge in [0.15, 0.2) is 11.5 Å². The number of phenols is 1. The summed E-state index contributed by atoms with van der Waals surface area (Å²) >= 11 is 12.8. The van der Waals surface area contributed by atoms with Gasteiger partial charge in [-0.15, -0.1) is 0 Å². The quantitative estimate of drug-likeness (QED) is 0.183. The third-order valence-corrected chi connectivity index (χ3v) is 12.9. The van der Waals surface area contributed by atoms with Gasteiger partial charge in [0.25, 0.3) is 11.8 Å². The van der Waals surface area contributed by atoms with Gasteiger partial charge in [0, 0.05) is 17.0 Å². The molecule has 2 aliphatic heterocycles. The Labute approximate surface area is 323 Å². The van der Waals surface area contributed by atoms with Gasteiger partial charge in [-0.2, -0.15) is 5.01 Å². The lowest BCUT2D eigenvalue weighted by Gasteiger charge is -2.50. The van der Waals surface area contributed by atoms with Crippen LogP contribution in [-0.2, 0) is 24.6 Å². The van der Waals surface area contributed by atoms with E-state index in [1.807, 2.05) is 6.08 Å². The number of carbonyl (C=O) groups excluding carboxylic acids is 4. The lowest BCUT2D eigenvalue weighted by molar-refractivity contribution is -0.144. The molecule has 0 bridgehead atoms. The summed E-state index contributed by atoms with van der Waals surface area (Å²) in [6.45, 7) is 0. The second kappa shape index (κ2) is 13.8. The van der Waals surface area contributed by atoms with Crippen LogP contribution in [0, 0.1) is 23.7 Å². The van der Waals surface area contributed by atoms with E-state index < -0.39 is 46.8 Å². The van der Waals surface area contributed by atoms with Crippen molar-refractivity contribution in [3.8, 4) is 23.0 Å². The highest BCUT2D eigenvalue weighted by molar-refractivity contribution is 6.36. The Kier molecular flexibility index (Phi) is 9.29. The van der Waals surface area contributed by atoms with Crippen LogP contribution in [0.5, 0.6) is 23.0 Å². The number of halogens is 2. The van der Waals surface area contributed by atoms with Gasteiger partial charge in [-0.1, -0.05) is 66.2 Å². The molecule has 2 N–H and O–H groups in total. The summed E-state index contributed by atoms with van der Waals surface area (Å²) in [7, 11) is 4.39. The summed E-state index contributed by atoms with van der Waals surface area (Å²) in [6.07, 6.45) is 7.00. The van der Waals surface area contributed by atoms with E-state index in [9.17, 15) is 14.7 Å². The predicted octanol–water partition coefficient (Wildman–Crippen LogP) is 7.04. The van der Waals surface area contributed by atoms with E-state index in [4.69, 9.17) is 37.4 Å². The number of benzene rings is 3. The Morgan fingerprint density at radius 1 is 0.815 bits per heavy atom. The molecule has 3 aromatic rings. The van der Waals surface area contributed by atoms with Crippen molar-refractivity contribution in [2.24, 2.45) is 23.7 Å². The number of carbonyl (C=O) groups is 4. The number of nitrogens with one attached hydrogen (secondary N) is 1. The van der Waals surface area contributed by atoms with Crippen LogP contribution in [0.1, 0.15) is 62.0 Å². The summed E-state index contributed by atoms with van der Waals surface area (Å²) in [5.41, 5.74) is 3.59. The number of ether oxygens (including phenoxy) is 3. The molecule has 2 saturated heterocycles. The first-order valence-electron chi connectivity index (χ1n) is 18.3. The van der Waals surface area contributed by atoms with Crippen molar-refractivity contribution in [2.45, 2.75) is 62.3 Å². The minimum Gasteiger partial charge on any atom is -0.502 e. The minimum absolute atomic E-state index is 0.109. The molecule has 4 amide bonds. The maximum Gasteiger partial charge on any atom is 0.260 e. The number of anilines is 1. The van der Waals surface area contributed by atoms with E-state index in [1.165, 1.54) is 25.2 Å². The fourth-order valence-corrected chi connectivity index (χ4v) is 10.5. The highest BCUT2D eigenvalue weighted by Crippen LogP contribution is 2.65. The molecule has 6 atom stereocenters. The molecule has 0 aromatic heterocycles. The van der Waals surface area contributed by atoms with Crippen LogP contribution in [0.15, 0.2) is 66.2 Å². The van der Waals surface area contributed by atoms with Crippen LogP contribution >= 0.6 is 23.2 Å². The third kappa shape index (κ3) is 5.37. The van der Waals surface area contributed by atoms with Gasteiger partial charge in [0.05, 0.1) is 55.2 Å². The summed E-state index contributed by atoms with van der Waals surface area (Å²) in [4.78, 5) is 60.8. The molecular formula is C41H41Cl2N3O8. The monoisotopic (exact) mass is 773 g/mol. The number of fused-ring (bicyclic) bond motifs is 4. The molecule has 11 nitrogen and oxygen atoms in total. The SMILES string of the molecule is COc1ccc(C23C(=O)N(Nc4ccc(Cl)cc4Cl)C(=O)C2CC2C(=CCC4C(=O)N(C5CCCCC5)C(=O)C42)C3c2cc(OC)c(O)c(OC)c2)cc1. The number of allylic oxidation sites excluding steroid dienone is 2. The Balaban J connectivity index is 1.35. The van der Waals surface area contributed by atoms with Gasteiger partial charge < -0.3 is 19.3 Å². The topological polar surface area (TPSA) is 135 Å². The average molecular weight is 775 g/mol. The molecule has 2 heterocycles. The molecule has 0 radical (unpaired) electrons. The van der Waals surface area contributed by atoms with E-state index >= 15 is 9.59 Å². The van der Waals surface area contributed by atoms with Crippen molar-refractivity contribution < 1.29 is 38.5 Å². The summed E-state index contributed by atoms with van der Waals surface area (Å²) in [5, 5.41) is 12.6. The molecule has 4 fully saturated rings. The molecule has 54 heavy (non-hydrogen) atoms. The number of phenolic OH excluding ortho intramolecular Hbond substituents is 1. The Morgan fingerprint density at radius 3 is 2.13 bits per heavy atom. The Bertz CT molecular complexity index is 2060. The predicted molar refractivity (Wildman–Crippen MR) is 201 cm³/mol. The lowest BCUT2D eigenvalue weighted by Crippen LogP contribution is -2.53. The van der Waals surface area contributed by atoms with Crippen LogP contribution in [0.4, 0.5) is 5.69 Å². The zero-order valence-electron chi connectivity index (χ0n) is 30.1. The van der Waals surface area contributed by atoms with Crippen LogP contribution < -0.4 is 19.6 Å². The molecular weight excluding hydrogens is 733 g/mol. The van der Waals surface area contributed by atoms with Crippen molar-refractivity contribution in [1.29, 1.82) is 0 Å². The highest BCUT2D eigenvalue weighted by atomic mass is 35.5. The van der Waals surface area contributed by atoms with Gasteiger partial charge in [0.2, 0.25) is 17.6 Å². The first-order chi connectivity index (χ1) is 26.0. The zero-order chi connectivity index (χ0) is 38.1. The van der Waals surface area contributed by atoms with E-state index in [0.717, 1.165) is 42.7 Å². The van der Waals surface area contributed by atoms with Gasteiger partial charge in [0.1, 0.15) is 5.75 Å². The van der Waals surface area contributed by atoms with Gasteiger partial charge in [-0.05, 0) is 85.2 Å². The molecule has 13 heteroatoms. The number of amides is 4. The fourth-order valence-electron chi connectivity index (χ4n) is 10.0. The van der Waals surface area contributed by atoms with Crippen molar-refractivity contribution in [1.82, 2.24) is 9.91 Å². The van der Waals surface area contributed by atoms with E-state index in [-0.39, 0.29) is 46.5 Å². The van der Waals surface area contributed by atoms with Crippen LogP contribution in [0.2, 0.25) is 10.0 Å². The number of nitrogens with zero attached hydrogens (tertiary/aromatic N) is 2. The molecule has 2 saturated carbocycles. The number of hydrazine groups is 1. The van der Waals surface area contributed by atoms with E-state index in [2.05, 4.69) is 5.43 Å². The fraction of sp³-hybridized carbons (Fsp3) is 0.415. The van der Waals surface area contributed by atoms with Crippen LogP contribution in [0.25, 0.3) is 0 Å². The Morgan fingerprint density at radius 2 is 1.50 bits per heavy atom. The molecule has 8 rings (SSSR count). The number of likely N-dealkylation sites (tertiary alicyclic amines) is 1. The Hall–Kier alpha value is -4.74. The minimum atomic E-state index is -1.58. The molecule has 6 unspecified atom stereocenters. The van der Waals surface area contributed by atoms with Crippen LogP contribution in [0.3, 0.4) is 0 Å². The van der Waals surface area contributed by atoms with Crippen molar-refractivity contribution in [3.63, 3.8) is 0 Å². The summed E-state index contributed by atoms with van der Waals surface area (Å²) in [5.74, 6) is -4.54. The van der Waals surface area contributed by atoms with Crippen molar-refractivity contribution in [2.75, 3.05) is 26.8 Å². The number of aromatic hydroxyl groups is 1. The normalized spacial score (nSPS) is 28.0. The molecule has 3 aromatic carbocycles. The number of hydrogen-bond acceptors (Lipinski definition) is 9.